The van der Waals surface area contributed by atoms with Gasteiger partial charge in [-0.15, -0.1) is 0 Å². The molecule has 21 heavy (non-hydrogen) atoms. The fourth-order valence-corrected chi connectivity index (χ4v) is 2.35. The zero-order valence-electron chi connectivity index (χ0n) is 11.9. The Morgan fingerprint density at radius 3 is 2.81 bits per heavy atom. The summed E-state index contributed by atoms with van der Waals surface area (Å²) in [6.45, 7) is 0. The summed E-state index contributed by atoms with van der Waals surface area (Å²) in [5.41, 5.74) is 9.49. The lowest BCUT2D eigenvalue weighted by molar-refractivity contribution is 0.397. The van der Waals surface area contributed by atoms with E-state index in [2.05, 4.69) is 16.0 Å². The Morgan fingerprint density at radius 1 is 1.14 bits per heavy atom. The lowest BCUT2D eigenvalue weighted by Crippen LogP contribution is -2.13. The molecule has 0 aliphatic rings. The molecule has 0 aliphatic carbocycles. The molecule has 0 bridgehead atoms. The average Bonchev–Trinajstić information content (AvgIpc) is 2.55. The molecule has 0 spiro atoms. The first-order chi connectivity index (χ1) is 10.3. The number of methoxy groups -OCH3 is 1. The Balaban J connectivity index is 1.80. The van der Waals surface area contributed by atoms with Crippen LogP contribution < -0.4 is 10.5 Å². The van der Waals surface area contributed by atoms with Crippen LogP contribution in [0.2, 0.25) is 0 Å². The molecule has 0 radical (unpaired) electrons. The van der Waals surface area contributed by atoms with Crippen molar-refractivity contribution in [1.29, 1.82) is 0 Å². The first kappa shape index (κ1) is 13.5. The third-order valence-electron chi connectivity index (χ3n) is 3.52. The number of nitrogens with zero attached hydrogens (tertiary/aromatic N) is 2. The molecule has 0 saturated heterocycles. The minimum Gasteiger partial charge on any atom is -0.481 e. The van der Waals surface area contributed by atoms with E-state index in [0.717, 1.165) is 28.5 Å². The summed E-state index contributed by atoms with van der Waals surface area (Å²) >= 11 is 0. The van der Waals surface area contributed by atoms with Crippen molar-refractivity contribution < 1.29 is 4.74 Å². The van der Waals surface area contributed by atoms with Crippen LogP contribution in [0.3, 0.4) is 0 Å². The van der Waals surface area contributed by atoms with Crippen LogP contribution in [0.4, 0.5) is 0 Å². The van der Waals surface area contributed by atoms with E-state index in [1.54, 1.807) is 19.5 Å². The van der Waals surface area contributed by atoms with E-state index in [1.165, 1.54) is 0 Å². The summed E-state index contributed by atoms with van der Waals surface area (Å²) in [5.74, 6) is 0.615. The van der Waals surface area contributed by atoms with Gasteiger partial charge in [-0.1, -0.05) is 18.2 Å². The van der Waals surface area contributed by atoms with Crippen molar-refractivity contribution in [2.24, 2.45) is 5.73 Å². The molecule has 4 heteroatoms. The maximum Gasteiger partial charge on any atom is 0.212 e. The van der Waals surface area contributed by atoms with Gasteiger partial charge >= 0.3 is 0 Å². The van der Waals surface area contributed by atoms with Crippen LogP contribution in [0.5, 0.6) is 5.88 Å². The van der Waals surface area contributed by atoms with Gasteiger partial charge in [0, 0.05) is 29.9 Å². The number of benzene rings is 1. The van der Waals surface area contributed by atoms with Gasteiger partial charge < -0.3 is 10.5 Å². The molecule has 4 nitrogen and oxygen atoms in total. The van der Waals surface area contributed by atoms with Gasteiger partial charge in [-0.25, -0.2) is 4.98 Å². The van der Waals surface area contributed by atoms with Gasteiger partial charge in [-0.3, -0.25) is 4.98 Å². The topological polar surface area (TPSA) is 61.0 Å². The van der Waals surface area contributed by atoms with Crippen LogP contribution in [-0.4, -0.2) is 17.1 Å². The Labute approximate surface area is 123 Å². The lowest BCUT2D eigenvalue weighted by atomic mass is 9.99. The molecular formula is C17H17N3O. The smallest absolute Gasteiger partial charge is 0.212 e. The van der Waals surface area contributed by atoms with Crippen molar-refractivity contribution in [3.8, 4) is 5.88 Å². The molecule has 106 valence electrons. The number of hydrogen-bond acceptors (Lipinski definition) is 4. The quantitative estimate of drug-likeness (QED) is 0.797. The van der Waals surface area contributed by atoms with Gasteiger partial charge in [0.05, 0.1) is 12.6 Å². The fourth-order valence-electron chi connectivity index (χ4n) is 2.35. The molecular weight excluding hydrogens is 262 g/mol. The minimum atomic E-state index is -0.0650. The highest BCUT2D eigenvalue weighted by atomic mass is 16.5. The van der Waals surface area contributed by atoms with Crippen LogP contribution in [0.1, 0.15) is 17.2 Å². The van der Waals surface area contributed by atoms with E-state index in [-0.39, 0.29) is 6.04 Å². The highest BCUT2D eigenvalue weighted by molar-refractivity contribution is 5.79. The summed E-state index contributed by atoms with van der Waals surface area (Å²) in [6, 6.07) is 13.9. The van der Waals surface area contributed by atoms with Crippen LogP contribution in [0.25, 0.3) is 10.9 Å². The van der Waals surface area contributed by atoms with Gasteiger partial charge in [0.25, 0.3) is 0 Å². The molecule has 0 saturated carbocycles. The number of ether oxygens (including phenoxy) is 1. The highest BCUT2D eigenvalue weighted by Gasteiger charge is 2.08. The molecule has 3 aromatic rings. The zero-order chi connectivity index (χ0) is 14.7. The second-order valence-electron chi connectivity index (χ2n) is 4.97. The van der Waals surface area contributed by atoms with Crippen LogP contribution in [0, 0.1) is 0 Å². The molecule has 0 fully saturated rings. The third kappa shape index (κ3) is 3.01. The highest BCUT2D eigenvalue weighted by Crippen LogP contribution is 2.21. The zero-order valence-corrected chi connectivity index (χ0v) is 11.9. The van der Waals surface area contributed by atoms with Gasteiger partial charge in [0.2, 0.25) is 5.88 Å². The molecule has 0 amide bonds. The maximum atomic E-state index is 6.31. The Hall–Kier alpha value is -2.46. The molecule has 1 aromatic carbocycles. The summed E-state index contributed by atoms with van der Waals surface area (Å²) in [4.78, 5) is 8.53. The maximum absolute atomic E-state index is 6.31. The molecule has 3 rings (SSSR count). The van der Waals surface area contributed by atoms with E-state index in [1.807, 2.05) is 36.4 Å². The van der Waals surface area contributed by atoms with Crippen LogP contribution >= 0.6 is 0 Å². The lowest BCUT2D eigenvalue weighted by Gasteiger charge is -2.13. The van der Waals surface area contributed by atoms with Crippen LogP contribution in [-0.2, 0) is 6.42 Å². The number of fused-ring (bicyclic) bond motifs is 1. The van der Waals surface area contributed by atoms with E-state index in [0.29, 0.717) is 5.88 Å². The van der Waals surface area contributed by atoms with Crippen molar-refractivity contribution in [2.75, 3.05) is 7.11 Å². The summed E-state index contributed by atoms with van der Waals surface area (Å²) in [5, 5.41) is 1.11. The second kappa shape index (κ2) is 5.89. The van der Waals surface area contributed by atoms with Crippen molar-refractivity contribution in [3.63, 3.8) is 0 Å². The summed E-state index contributed by atoms with van der Waals surface area (Å²) < 4.78 is 5.06. The predicted octanol–water partition coefficient (Wildman–Crippen LogP) is 2.88. The largest absolute Gasteiger partial charge is 0.481 e. The Bertz CT molecular complexity index is 740. The standard InChI is InChI=1S/C17H17N3O/c1-21-17-7-4-12(11-20-17)9-15(18)13-5-6-16-14(10-13)3-2-8-19-16/h2-8,10-11,15H,9,18H2,1H3. The van der Waals surface area contributed by atoms with Crippen molar-refractivity contribution >= 4 is 10.9 Å². The predicted molar refractivity (Wildman–Crippen MR) is 83.2 cm³/mol. The Morgan fingerprint density at radius 2 is 2.05 bits per heavy atom. The normalized spacial score (nSPS) is 12.3. The molecule has 1 atom stereocenters. The molecule has 1 unspecified atom stereocenters. The Kier molecular flexibility index (Phi) is 3.79. The van der Waals surface area contributed by atoms with E-state index in [9.17, 15) is 0 Å². The van der Waals surface area contributed by atoms with Gasteiger partial charge in [0.15, 0.2) is 0 Å². The average molecular weight is 279 g/mol. The number of rotatable bonds is 4. The van der Waals surface area contributed by atoms with Crippen molar-refractivity contribution in [3.05, 3.63) is 66.0 Å². The number of nitrogens with two attached hydrogens (primary N) is 1. The van der Waals surface area contributed by atoms with Gasteiger partial charge in [0.1, 0.15) is 0 Å². The van der Waals surface area contributed by atoms with E-state index in [4.69, 9.17) is 10.5 Å². The monoisotopic (exact) mass is 279 g/mol. The SMILES string of the molecule is COc1ccc(CC(N)c2ccc3ncccc3c2)cn1. The molecule has 2 heterocycles. The van der Waals surface area contributed by atoms with Crippen molar-refractivity contribution in [1.82, 2.24) is 9.97 Å². The number of hydrogen-bond donors (Lipinski definition) is 1. The van der Waals surface area contributed by atoms with Gasteiger partial charge in [-0.05, 0) is 35.7 Å². The molecule has 2 N–H and O–H groups in total. The molecule has 2 aromatic heterocycles. The first-order valence-corrected chi connectivity index (χ1v) is 6.85. The van der Waals surface area contributed by atoms with E-state index < -0.39 is 0 Å². The van der Waals surface area contributed by atoms with Crippen LogP contribution in [0.15, 0.2) is 54.9 Å². The first-order valence-electron chi connectivity index (χ1n) is 6.85. The molecule has 0 aliphatic heterocycles. The summed E-state index contributed by atoms with van der Waals surface area (Å²) in [6.07, 6.45) is 4.34. The minimum absolute atomic E-state index is 0.0650. The third-order valence-corrected chi connectivity index (χ3v) is 3.52. The number of aromatic nitrogens is 2. The van der Waals surface area contributed by atoms with Crippen molar-refractivity contribution in [2.45, 2.75) is 12.5 Å². The van der Waals surface area contributed by atoms with E-state index >= 15 is 0 Å². The number of pyridine rings is 2. The fraction of sp³-hybridized carbons (Fsp3) is 0.176. The second-order valence-corrected chi connectivity index (χ2v) is 4.97. The summed E-state index contributed by atoms with van der Waals surface area (Å²) in [7, 11) is 1.61. The van der Waals surface area contributed by atoms with Gasteiger partial charge in [-0.2, -0.15) is 0 Å².